The highest BCUT2D eigenvalue weighted by atomic mass is 19.1. The van der Waals surface area contributed by atoms with Crippen LogP contribution in [0.15, 0.2) is 18.2 Å². The van der Waals surface area contributed by atoms with Crippen LogP contribution >= 0.6 is 0 Å². The smallest absolute Gasteiger partial charge is 0.408 e. The Morgan fingerprint density at radius 1 is 1.29 bits per heavy atom. The fraction of sp³-hybridized carbons (Fsp3) is 0.467. The second-order valence-electron chi connectivity index (χ2n) is 5.82. The molecule has 1 rings (SSSR count). The first-order chi connectivity index (χ1) is 9.58. The third-order valence-corrected chi connectivity index (χ3v) is 2.57. The standard InChI is InChI=1S/C15H21FN2O3/c1-9-8-11(16)6-7-12(9)18-13(19)10(2)17-14(20)21-15(3,4)5/h6-8,10H,1-5H3,(H,17,20)(H,18,19)/t10-/m1/s1. The molecule has 21 heavy (non-hydrogen) atoms. The molecule has 2 N–H and O–H groups in total. The highest BCUT2D eigenvalue weighted by molar-refractivity contribution is 5.96. The van der Waals surface area contributed by atoms with Gasteiger partial charge in [-0.3, -0.25) is 4.79 Å². The quantitative estimate of drug-likeness (QED) is 0.901. The molecule has 0 fully saturated rings. The minimum atomic E-state index is -0.774. The van der Waals surface area contributed by atoms with Gasteiger partial charge in [-0.25, -0.2) is 9.18 Å². The molecule has 0 aliphatic carbocycles. The van der Waals surface area contributed by atoms with Gasteiger partial charge >= 0.3 is 6.09 Å². The monoisotopic (exact) mass is 296 g/mol. The van der Waals surface area contributed by atoms with E-state index in [0.717, 1.165) is 0 Å². The second-order valence-corrected chi connectivity index (χ2v) is 5.82. The summed E-state index contributed by atoms with van der Waals surface area (Å²) in [7, 11) is 0. The molecule has 5 nitrogen and oxygen atoms in total. The summed E-state index contributed by atoms with van der Waals surface area (Å²) in [5.41, 5.74) is 0.473. The number of rotatable bonds is 3. The van der Waals surface area contributed by atoms with E-state index in [1.54, 1.807) is 27.7 Å². The normalized spacial score (nSPS) is 12.5. The lowest BCUT2D eigenvalue weighted by atomic mass is 10.2. The van der Waals surface area contributed by atoms with Gasteiger partial charge in [0.25, 0.3) is 0 Å². The number of halogens is 1. The molecule has 0 saturated carbocycles. The molecule has 0 unspecified atom stereocenters. The van der Waals surface area contributed by atoms with E-state index in [9.17, 15) is 14.0 Å². The molecule has 0 spiro atoms. The molecule has 1 atom stereocenters. The lowest BCUT2D eigenvalue weighted by Crippen LogP contribution is -2.44. The van der Waals surface area contributed by atoms with Crippen molar-refractivity contribution in [2.75, 3.05) is 5.32 Å². The maximum absolute atomic E-state index is 13.0. The molecule has 1 aromatic rings. The van der Waals surface area contributed by atoms with Crippen LogP contribution in [0.1, 0.15) is 33.3 Å². The molecule has 0 saturated heterocycles. The highest BCUT2D eigenvalue weighted by Crippen LogP contribution is 2.16. The fourth-order valence-electron chi connectivity index (χ4n) is 1.56. The molecular weight excluding hydrogens is 275 g/mol. The van der Waals surface area contributed by atoms with Gasteiger partial charge in [0.1, 0.15) is 17.5 Å². The molecule has 0 aromatic heterocycles. The summed E-state index contributed by atoms with van der Waals surface area (Å²) < 4.78 is 18.1. The van der Waals surface area contributed by atoms with E-state index < -0.39 is 23.6 Å². The maximum Gasteiger partial charge on any atom is 0.408 e. The number of hydrogen-bond donors (Lipinski definition) is 2. The van der Waals surface area contributed by atoms with Crippen LogP contribution in [0, 0.1) is 12.7 Å². The van der Waals surface area contributed by atoms with Gasteiger partial charge in [-0.05, 0) is 58.4 Å². The SMILES string of the molecule is Cc1cc(F)ccc1NC(=O)[C@@H](C)NC(=O)OC(C)(C)C. The van der Waals surface area contributed by atoms with E-state index in [2.05, 4.69) is 10.6 Å². The molecule has 6 heteroatoms. The summed E-state index contributed by atoms with van der Waals surface area (Å²) in [6.07, 6.45) is -0.666. The van der Waals surface area contributed by atoms with Gasteiger partial charge in [-0.2, -0.15) is 0 Å². The van der Waals surface area contributed by atoms with Gasteiger partial charge in [0.2, 0.25) is 5.91 Å². The maximum atomic E-state index is 13.0. The van der Waals surface area contributed by atoms with Crippen LogP contribution in [0.4, 0.5) is 14.9 Å². The number of benzene rings is 1. The van der Waals surface area contributed by atoms with E-state index in [1.807, 2.05) is 0 Å². The summed E-state index contributed by atoms with van der Waals surface area (Å²) in [4.78, 5) is 23.6. The molecule has 0 aliphatic heterocycles. The van der Waals surface area contributed by atoms with Crippen molar-refractivity contribution in [1.29, 1.82) is 0 Å². The van der Waals surface area contributed by atoms with Crippen LogP contribution in [0.2, 0.25) is 0 Å². The Bertz CT molecular complexity index is 538. The number of carbonyl (C=O) groups is 2. The molecule has 116 valence electrons. The number of carbonyl (C=O) groups excluding carboxylic acids is 2. The Kier molecular flexibility index (Phi) is 5.29. The van der Waals surface area contributed by atoms with Gasteiger partial charge in [-0.15, -0.1) is 0 Å². The topological polar surface area (TPSA) is 67.4 Å². The van der Waals surface area contributed by atoms with Crippen molar-refractivity contribution in [2.24, 2.45) is 0 Å². The van der Waals surface area contributed by atoms with Crippen LogP contribution < -0.4 is 10.6 Å². The second kappa shape index (κ2) is 6.56. The summed E-state index contributed by atoms with van der Waals surface area (Å²) in [6.45, 7) is 8.43. The van der Waals surface area contributed by atoms with Gasteiger partial charge in [0, 0.05) is 5.69 Å². The molecule has 2 amide bonds. The lowest BCUT2D eigenvalue weighted by Gasteiger charge is -2.21. The van der Waals surface area contributed by atoms with Gasteiger partial charge < -0.3 is 15.4 Å². The van der Waals surface area contributed by atoms with E-state index in [-0.39, 0.29) is 5.82 Å². The molecule has 0 heterocycles. The first-order valence-corrected chi connectivity index (χ1v) is 6.65. The number of hydrogen-bond acceptors (Lipinski definition) is 3. The Labute approximate surface area is 123 Å². The zero-order chi connectivity index (χ0) is 16.2. The van der Waals surface area contributed by atoms with Crippen LogP contribution in [0.5, 0.6) is 0 Å². The van der Waals surface area contributed by atoms with Crippen LogP contribution in [-0.4, -0.2) is 23.6 Å². The van der Waals surface area contributed by atoms with E-state index in [1.165, 1.54) is 25.1 Å². The highest BCUT2D eigenvalue weighted by Gasteiger charge is 2.21. The summed E-state index contributed by atoms with van der Waals surface area (Å²) in [5.74, 6) is -0.777. The summed E-state index contributed by atoms with van der Waals surface area (Å²) >= 11 is 0. The number of amides is 2. The van der Waals surface area contributed by atoms with Crippen LogP contribution in [-0.2, 0) is 9.53 Å². The van der Waals surface area contributed by atoms with Crippen molar-refractivity contribution in [3.05, 3.63) is 29.6 Å². The van der Waals surface area contributed by atoms with E-state index in [0.29, 0.717) is 11.3 Å². The molecular formula is C15H21FN2O3. The number of alkyl carbamates (subject to hydrolysis) is 1. The Balaban J connectivity index is 2.61. The Morgan fingerprint density at radius 2 is 1.90 bits per heavy atom. The molecule has 1 aromatic carbocycles. The lowest BCUT2D eigenvalue weighted by molar-refractivity contribution is -0.117. The van der Waals surface area contributed by atoms with Crippen molar-refractivity contribution in [1.82, 2.24) is 5.32 Å². The molecule has 0 radical (unpaired) electrons. The average molecular weight is 296 g/mol. The minimum Gasteiger partial charge on any atom is -0.444 e. The number of nitrogens with one attached hydrogen (secondary N) is 2. The number of ether oxygens (including phenoxy) is 1. The predicted molar refractivity (Wildman–Crippen MR) is 78.6 cm³/mol. The molecule has 0 aliphatic rings. The minimum absolute atomic E-state index is 0.370. The predicted octanol–water partition coefficient (Wildman–Crippen LogP) is 2.99. The van der Waals surface area contributed by atoms with Crippen molar-refractivity contribution in [3.8, 4) is 0 Å². The van der Waals surface area contributed by atoms with Crippen LogP contribution in [0.25, 0.3) is 0 Å². The van der Waals surface area contributed by atoms with Crippen molar-refractivity contribution in [3.63, 3.8) is 0 Å². The third-order valence-electron chi connectivity index (χ3n) is 2.57. The zero-order valence-electron chi connectivity index (χ0n) is 12.9. The van der Waals surface area contributed by atoms with E-state index >= 15 is 0 Å². The van der Waals surface area contributed by atoms with Crippen LogP contribution in [0.3, 0.4) is 0 Å². The largest absolute Gasteiger partial charge is 0.444 e. The van der Waals surface area contributed by atoms with Crippen molar-refractivity contribution < 1.29 is 18.7 Å². The number of aryl methyl sites for hydroxylation is 1. The van der Waals surface area contributed by atoms with Crippen molar-refractivity contribution >= 4 is 17.7 Å². The van der Waals surface area contributed by atoms with Gasteiger partial charge in [0.05, 0.1) is 0 Å². The Hall–Kier alpha value is -2.11. The third kappa shape index (κ3) is 5.81. The van der Waals surface area contributed by atoms with Gasteiger partial charge in [-0.1, -0.05) is 0 Å². The number of anilines is 1. The zero-order valence-corrected chi connectivity index (χ0v) is 12.9. The molecule has 0 bridgehead atoms. The average Bonchev–Trinajstić information content (AvgIpc) is 2.29. The van der Waals surface area contributed by atoms with E-state index in [4.69, 9.17) is 4.74 Å². The first-order valence-electron chi connectivity index (χ1n) is 6.65. The van der Waals surface area contributed by atoms with Gasteiger partial charge in [0.15, 0.2) is 0 Å². The Morgan fingerprint density at radius 3 is 2.43 bits per heavy atom. The van der Waals surface area contributed by atoms with Crippen molar-refractivity contribution in [2.45, 2.75) is 46.3 Å². The fourth-order valence-corrected chi connectivity index (χ4v) is 1.56. The first kappa shape index (κ1) is 16.9. The summed E-state index contributed by atoms with van der Waals surface area (Å²) in [6, 6.07) is 3.28. The summed E-state index contributed by atoms with van der Waals surface area (Å²) in [5, 5.41) is 5.07.